The third-order valence-electron chi connectivity index (χ3n) is 3.65. The van der Waals surface area contributed by atoms with E-state index in [1.54, 1.807) is 0 Å². The lowest BCUT2D eigenvalue weighted by Crippen LogP contribution is -2.33. The Morgan fingerprint density at radius 1 is 1.13 bits per heavy atom. The maximum atomic E-state index is 13.0. The van der Waals surface area contributed by atoms with Gasteiger partial charge in [-0.2, -0.15) is 13.2 Å². The number of ether oxygens (including phenoxy) is 1. The first-order chi connectivity index (χ1) is 14.0. The molecule has 0 unspecified atom stereocenters. The number of nitro groups is 1. The SMILES string of the molecule is CC(=O)Nc1ccc(OC[C@H](O)C(=O)Nc2ccc([N+](=O)[O-])c(C(F)(F)F)c2)cc1. The fraction of sp³-hybridized carbons (Fsp3) is 0.222. The van der Waals surface area contributed by atoms with Gasteiger partial charge in [-0.05, 0) is 36.4 Å². The maximum absolute atomic E-state index is 13.0. The number of nitrogens with zero attached hydrogens (tertiary/aromatic N) is 1. The summed E-state index contributed by atoms with van der Waals surface area (Å²) in [6.07, 6.45) is -6.74. The highest BCUT2D eigenvalue weighted by molar-refractivity contribution is 5.94. The lowest BCUT2D eigenvalue weighted by Gasteiger charge is -2.14. The lowest BCUT2D eigenvalue weighted by molar-refractivity contribution is -0.388. The van der Waals surface area contributed by atoms with Crippen LogP contribution in [-0.2, 0) is 15.8 Å². The van der Waals surface area contributed by atoms with Gasteiger partial charge in [-0.15, -0.1) is 0 Å². The van der Waals surface area contributed by atoms with Crippen molar-refractivity contribution in [1.82, 2.24) is 0 Å². The molecule has 0 bridgehead atoms. The smallest absolute Gasteiger partial charge is 0.423 e. The Bertz CT molecular complexity index is 947. The van der Waals surface area contributed by atoms with Crippen molar-refractivity contribution in [2.24, 2.45) is 0 Å². The van der Waals surface area contributed by atoms with E-state index in [-0.39, 0.29) is 17.3 Å². The largest absolute Gasteiger partial charge is 0.490 e. The number of nitrogens with one attached hydrogen (secondary N) is 2. The van der Waals surface area contributed by atoms with E-state index in [0.29, 0.717) is 17.8 Å². The maximum Gasteiger partial charge on any atom is 0.423 e. The molecule has 0 heterocycles. The van der Waals surface area contributed by atoms with Crippen LogP contribution in [0.15, 0.2) is 42.5 Å². The molecule has 12 heteroatoms. The Morgan fingerprint density at radius 2 is 1.73 bits per heavy atom. The first-order valence-electron chi connectivity index (χ1n) is 8.32. The number of aliphatic hydroxyl groups is 1. The average molecular weight is 427 g/mol. The highest BCUT2D eigenvalue weighted by atomic mass is 19.4. The summed E-state index contributed by atoms with van der Waals surface area (Å²) >= 11 is 0. The number of halogens is 3. The third-order valence-corrected chi connectivity index (χ3v) is 3.65. The minimum atomic E-state index is -5.01. The number of aliphatic hydroxyl groups excluding tert-OH is 1. The first kappa shape index (κ1) is 22.6. The van der Waals surface area contributed by atoms with Crippen LogP contribution in [0, 0.1) is 10.1 Å². The van der Waals surface area contributed by atoms with Gasteiger partial charge in [0.25, 0.3) is 11.6 Å². The summed E-state index contributed by atoms with van der Waals surface area (Å²) in [6, 6.07) is 7.93. The van der Waals surface area contributed by atoms with E-state index in [0.717, 1.165) is 6.07 Å². The van der Waals surface area contributed by atoms with Gasteiger partial charge in [-0.3, -0.25) is 19.7 Å². The van der Waals surface area contributed by atoms with Gasteiger partial charge in [-0.25, -0.2) is 0 Å². The Hall–Kier alpha value is -3.67. The molecule has 0 aliphatic rings. The number of nitro benzene ring substituents is 1. The van der Waals surface area contributed by atoms with E-state index in [9.17, 15) is 38.0 Å². The predicted molar refractivity (Wildman–Crippen MR) is 99.0 cm³/mol. The number of hydrogen-bond acceptors (Lipinski definition) is 6. The molecule has 30 heavy (non-hydrogen) atoms. The van der Waals surface area contributed by atoms with Crippen LogP contribution in [0.3, 0.4) is 0 Å². The topological polar surface area (TPSA) is 131 Å². The summed E-state index contributed by atoms with van der Waals surface area (Å²) in [4.78, 5) is 32.5. The van der Waals surface area contributed by atoms with Crippen LogP contribution in [0.25, 0.3) is 0 Å². The summed E-state index contributed by atoms with van der Waals surface area (Å²) < 4.78 is 44.2. The van der Waals surface area contributed by atoms with Crippen molar-refractivity contribution in [1.29, 1.82) is 0 Å². The second-order valence-corrected chi connectivity index (χ2v) is 6.01. The fourth-order valence-electron chi connectivity index (χ4n) is 2.31. The molecule has 160 valence electrons. The van der Waals surface area contributed by atoms with Crippen molar-refractivity contribution in [3.8, 4) is 5.75 Å². The zero-order valence-corrected chi connectivity index (χ0v) is 15.4. The average Bonchev–Trinajstić information content (AvgIpc) is 2.65. The number of carbonyl (C=O) groups excluding carboxylic acids is 2. The molecular weight excluding hydrogens is 411 g/mol. The predicted octanol–water partition coefficient (Wildman–Crippen LogP) is 2.95. The van der Waals surface area contributed by atoms with Crippen LogP contribution in [0.1, 0.15) is 12.5 Å². The van der Waals surface area contributed by atoms with E-state index in [4.69, 9.17) is 4.74 Å². The van der Waals surface area contributed by atoms with Crippen molar-refractivity contribution < 1.29 is 37.5 Å². The molecule has 0 saturated carbocycles. The van der Waals surface area contributed by atoms with Crippen molar-refractivity contribution in [3.05, 3.63) is 58.1 Å². The molecule has 0 fully saturated rings. The molecule has 0 saturated heterocycles. The zero-order chi connectivity index (χ0) is 22.5. The van der Waals surface area contributed by atoms with Gasteiger partial charge in [-0.1, -0.05) is 0 Å². The Morgan fingerprint density at radius 3 is 2.27 bits per heavy atom. The number of rotatable bonds is 7. The van der Waals surface area contributed by atoms with Gasteiger partial charge in [0.05, 0.1) is 4.92 Å². The molecule has 2 aromatic carbocycles. The molecule has 2 aromatic rings. The van der Waals surface area contributed by atoms with Crippen molar-refractivity contribution in [3.63, 3.8) is 0 Å². The lowest BCUT2D eigenvalue weighted by atomic mass is 10.1. The third kappa shape index (κ3) is 6.17. The highest BCUT2D eigenvalue weighted by Gasteiger charge is 2.38. The van der Waals surface area contributed by atoms with Crippen molar-refractivity contribution in [2.45, 2.75) is 19.2 Å². The molecular formula is C18H16F3N3O6. The molecule has 2 rings (SSSR count). The van der Waals surface area contributed by atoms with E-state index < -0.39 is 41.0 Å². The van der Waals surface area contributed by atoms with Gasteiger partial charge >= 0.3 is 6.18 Å². The van der Waals surface area contributed by atoms with Crippen LogP contribution in [0.4, 0.5) is 30.2 Å². The van der Waals surface area contributed by atoms with Crippen LogP contribution >= 0.6 is 0 Å². The van der Waals surface area contributed by atoms with Crippen molar-refractivity contribution >= 4 is 28.9 Å². The van der Waals surface area contributed by atoms with Crippen LogP contribution in [-0.4, -0.2) is 34.6 Å². The van der Waals surface area contributed by atoms with Gasteiger partial charge in [0, 0.05) is 24.4 Å². The number of hydrogen-bond donors (Lipinski definition) is 3. The van der Waals surface area contributed by atoms with E-state index >= 15 is 0 Å². The molecule has 9 nitrogen and oxygen atoms in total. The fourth-order valence-corrected chi connectivity index (χ4v) is 2.31. The minimum Gasteiger partial charge on any atom is -0.490 e. The van der Waals surface area contributed by atoms with Crippen LogP contribution in [0.2, 0.25) is 0 Å². The van der Waals surface area contributed by atoms with Crippen LogP contribution < -0.4 is 15.4 Å². The van der Waals surface area contributed by atoms with E-state index in [1.165, 1.54) is 31.2 Å². The first-order valence-corrected chi connectivity index (χ1v) is 8.32. The second kappa shape index (κ2) is 9.22. The van der Waals surface area contributed by atoms with E-state index in [1.807, 2.05) is 5.32 Å². The van der Waals surface area contributed by atoms with Gasteiger partial charge in [0.2, 0.25) is 5.91 Å². The molecule has 0 spiro atoms. The van der Waals surface area contributed by atoms with Gasteiger partial charge in [0.1, 0.15) is 17.9 Å². The van der Waals surface area contributed by atoms with Crippen LogP contribution in [0.5, 0.6) is 5.75 Å². The Kier molecular flexibility index (Phi) is 6.95. The Labute approximate surface area is 167 Å². The Balaban J connectivity index is 2.00. The number of anilines is 2. The number of amides is 2. The van der Waals surface area contributed by atoms with Crippen molar-refractivity contribution in [2.75, 3.05) is 17.2 Å². The molecule has 0 radical (unpaired) electrons. The quantitative estimate of drug-likeness (QED) is 0.460. The summed E-state index contributed by atoms with van der Waals surface area (Å²) in [5, 5.41) is 25.2. The zero-order valence-electron chi connectivity index (χ0n) is 15.4. The molecule has 0 aromatic heterocycles. The normalized spacial score (nSPS) is 12.0. The molecule has 3 N–H and O–H groups in total. The second-order valence-electron chi connectivity index (χ2n) is 6.01. The summed E-state index contributed by atoms with van der Waals surface area (Å²) in [6.45, 7) is 0.826. The van der Waals surface area contributed by atoms with Gasteiger partial charge in [0.15, 0.2) is 6.10 Å². The molecule has 0 aliphatic carbocycles. The van der Waals surface area contributed by atoms with Gasteiger partial charge < -0.3 is 20.5 Å². The minimum absolute atomic E-state index is 0.268. The summed E-state index contributed by atoms with van der Waals surface area (Å²) in [5.74, 6) is -1.06. The number of carbonyl (C=O) groups is 2. The van der Waals surface area contributed by atoms with E-state index in [2.05, 4.69) is 5.32 Å². The molecule has 0 aliphatic heterocycles. The molecule has 2 amide bonds. The highest BCUT2D eigenvalue weighted by Crippen LogP contribution is 2.37. The number of benzene rings is 2. The standard InChI is InChI=1S/C18H16F3N3O6/c1-10(25)22-11-2-5-13(6-3-11)30-9-16(26)17(27)23-12-4-7-15(24(28)29)14(8-12)18(19,20)21/h2-8,16,26H,9H2,1H3,(H,22,25)(H,23,27)/t16-/m0/s1. The molecule has 1 atom stereocenters. The monoisotopic (exact) mass is 427 g/mol. The number of alkyl halides is 3. The summed E-state index contributed by atoms with van der Waals surface area (Å²) in [7, 11) is 0. The summed E-state index contributed by atoms with van der Waals surface area (Å²) in [5.41, 5.74) is -2.56.